The van der Waals surface area contributed by atoms with Crippen molar-refractivity contribution >= 4 is 5.97 Å². The standard InChI is InChI=1S/C22H25N3O4/c1-14(11-15-9-7-6-8-10-15)19-23-24-20(28-19)17-12-16(13-18(26)25(17)5)21(27)29-22(2,3)4/h6-10,12-14H,11H2,1-5H3. The van der Waals surface area contributed by atoms with Gasteiger partial charge in [-0.15, -0.1) is 10.2 Å². The molecule has 29 heavy (non-hydrogen) atoms. The second kappa shape index (κ2) is 8.03. The summed E-state index contributed by atoms with van der Waals surface area (Å²) in [7, 11) is 1.59. The van der Waals surface area contributed by atoms with Gasteiger partial charge in [-0.05, 0) is 38.8 Å². The molecule has 7 heteroatoms. The van der Waals surface area contributed by atoms with Crippen LogP contribution in [0.2, 0.25) is 0 Å². The Labute approximate surface area is 169 Å². The first-order valence-corrected chi connectivity index (χ1v) is 9.46. The van der Waals surface area contributed by atoms with Gasteiger partial charge in [0.1, 0.15) is 11.3 Å². The molecule has 0 radical (unpaired) electrons. The Morgan fingerprint density at radius 1 is 1.17 bits per heavy atom. The van der Waals surface area contributed by atoms with Crippen LogP contribution < -0.4 is 5.56 Å². The lowest BCUT2D eigenvalue weighted by Gasteiger charge is -2.19. The van der Waals surface area contributed by atoms with Crippen LogP contribution in [-0.4, -0.2) is 26.3 Å². The molecule has 7 nitrogen and oxygen atoms in total. The Bertz CT molecular complexity index is 1060. The minimum Gasteiger partial charge on any atom is -0.456 e. The summed E-state index contributed by atoms with van der Waals surface area (Å²) in [5.74, 6) is 0.0854. The zero-order chi connectivity index (χ0) is 21.2. The van der Waals surface area contributed by atoms with E-state index in [-0.39, 0.29) is 22.9 Å². The van der Waals surface area contributed by atoms with Gasteiger partial charge < -0.3 is 13.7 Å². The fourth-order valence-corrected chi connectivity index (χ4v) is 2.89. The summed E-state index contributed by atoms with van der Waals surface area (Å²) in [6.07, 6.45) is 0.749. The third-order valence-electron chi connectivity index (χ3n) is 4.36. The molecule has 0 aliphatic heterocycles. The van der Waals surface area contributed by atoms with Crippen LogP contribution in [0.25, 0.3) is 11.6 Å². The van der Waals surface area contributed by atoms with Gasteiger partial charge in [-0.25, -0.2) is 4.79 Å². The van der Waals surface area contributed by atoms with Crippen LogP contribution in [0.4, 0.5) is 0 Å². The molecule has 0 saturated carbocycles. The zero-order valence-electron chi connectivity index (χ0n) is 17.3. The molecule has 3 aromatic rings. The third kappa shape index (κ3) is 4.99. The molecule has 0 spiro atoms. The molecule has 152 valence electrons. The molecule has 2 heterocycles. The van der Waals surface area contributed by atoms with E-state index in [0.29, 0.717) is 11.6 Å². The average molecular weight is 395 g/mol. The monoisotopic (exact) mass is 395 g/mol. The highest BCUT2D eigenvalue weighted by Crippen LogP contribution is 2.24. The van der Waals surface area contributed by atoms with Crippen molar-refractivity contribution in [3.63, 3.8) is 0 Å². The van der Waals surface area contributed by atoms with E-state index in [1.165, 1.54) is 22.3 Å². The maximum atomic E-state index is 12.4. The molecule has 0 amide bonds. The van der Waals surface area contributed by atoms with Gasteiger partial charge >= 0.3 is 5.97 Å². The maximum absolute atomic E-state index is 12.4. The summed E-state index contributed by atoms with van der Waals surface area (Å²) in [5.41, 5.74) is 0.654. The Hall–Kier alpha value is -3.22. The number of carbonyl (C=O) groups excluding carboxylic acids is 1. The lowest BCUT2D eigenvalue weighted by atomic mass is 10.0. The smallest absolute Gasteiger partial charge is 0.338 e. The van der Waals surface area contributed by atoms with Crippen LogP contribution in [0.5, 0.6) is 0 Å². The minimum atomic E-state index is -0.664. The summed E-state index contributed by atoms with van der Waals surface area (Å²) < 4.78 is 12.6. The summed E-state index contributed by atoms with van der Waals surface area (Å²) >= 11 is 0. The lowest BCUT2D eigenvalue weighted by molar-refractivity contribution is 0.00692. The molecule has 2 aromatic heterocycles. The van der Waals surface area contributed by atoms with E-state index < -0.39 is 11.6 Å². The second-order valence-corrected chi connectivity index (χ2v) is 8.06. The summed E-state index contributed by atoms with van der Waals surface area (Å²) in [5, 5.41) is 8.24. The van der Waals surface area contributed by atoms with Gasteiger partial charge in [0.05, 0.1) is 5.56 Å². The van der Waals surface area contributed by atoms with Crippen LogP contribution in [0.3, 0.4) is 0 Å². The SMILES string of the molecule is CC(Cc1ccccc1)c1nnc(-c2cc(C(=O)OC(C)(C)C)cc(=O)n2C)o1. The van der Waals surface area contributed by atoms with Gasteiger partial charge in [0.2, 0.25) is 5.89 Å². The molecule has 1 atom stereocenters. The molecule has 1 unspecified atom stereocenters. The molecule has 3 rings (SSSR count). The van der Waals surface area contributed by atoms with Crippen LogP contribution in [0.1, 0.15) is 55.4 Å². The van der Waals surface area contributed by atoms with E-state index in [9.17, 15) is 9.59 Å². The van der Waals surface area contributed by atoms with Crippen LogP contribution in [0.15, 0.2) is 51.7 Å². The van der Waals surface area contributed by atoms with Crippen molar-refractivity contribution in [2.75, 3.05) is 0 Å². The number of nitrogens with zero attached hydrogens (tertiary/aromatic N) is 3. The predicted molar refractivity (Wildman–Crippen MR) is 109 cm³/mol. The van der Waals surface area contributed by atoms with E-state index in [0.717, 1.165) is 6.42 Å². The summed E-state index contributed by atoms with van der Waals surface area (Å²) in [6, 6.07) is 12.8. The number of esters is 1. The van der Waals surface area contributed by atoms with Crippen molar-refractivity contribution in [2.24, 2.45) is 7.05 Å². The second-order valence-electron chi connectivity index (χ2n) is 8.06. The molecule has 1 aromatic carbocycles. The number of aromatic nitrogens is 3. The highest BCUT2D eigenvalue weighted by molar-refractivity contribution is 5.90. The van der Waals surface area contributed by atoms with Crippen molar-refractivity contribution < 1.29 is 13.9 Å². The van der Waals surface area contributed by atoms with Gasteiger partial charge in [0.25, 0.3) is 11.4 Å². The van der Waals surface area contributed by atoms with Crippen LogP contribution in [0, 0.1) is 0 Å². The van der Waals surface area contributed by atoms with E-state index in [2.05, 4.69) is 10.2 Å². The van der Waals surface area contributed by atoms with Gasteiger partial charge in [0.15, 0.2) is 0 Å². The van der Waals surface area contributed by atoms with Gasteiger partial charge in [-0.3, -0.25) is 4.79 Å². The van der Waals surface area contributed by atoms with E-state index in [4.69, 9.17) is 9.15 Å². The number of carbonyl (C=O) groups is 1. The largest absolute Gasteiger partial charge is 0.456 e. The van der Waals surface area contributed by atoms with Crippen molar-refractivity contribution in [1.82, 2.24) is 14.8 Å². The third-order valence-corrected chi connectivity index (χ3v) is 4.36. The zero-order valence-corrected chi connectivity index (χ0v) is 17.3. The first-order valence-electron chi connectivity index (χ1n) is 9.46. The summed E-state index contributed by atoms with van der Waals surface area (Å²) in [4.78, 5) is 24.7. The number of benzene rings is 1. The van der Waals surface area contributed by atoms with E-state index >= 15 is 0 Å². The molecule has 0 fully saturated rings. The maximum Gasteiger partial charge on any atom is 0.338 e. The number of hydrogen-bond acceptors (Lipinski definition) is 6. The molecule has 0 aliphatic carbocycles. The predicted octanol–water partition coefficient (Wildman–Crippen LogP) is 3.74. The average Bonchev–Trinajstić information content (AvgIpc) is 3.13. The van der Waals surface area contributed by atoms with Gasteiger partial charge in [-0.2, -0.15) is 0 Å². The Morgan fingerprint density at radius 2 is 1.86 bits per heavy atom. The van der Waals surface area contributed by atoms with Crippen molar-refractivity contribution in [3.05, 3.63) is 69.8 Å². The molecular weight excluding hydrogens is 370 g/mol. The Kier molecular flexibility index (Phi) is 5.68. The fraction of sp³-hybridized carbons (Fsp3) is 0.364. The van der Waals surface area contributed by atoms with Crippen LogP contribution in [-0.2, 0) is 18.2 Å². The minimum absolute atomic E-state index is 0.00437. The summed E-state index contributed by atoms with van der Waals surface area (Å²) in [6.45, 7) is 7.31. The Balaban J connectivity index is 1.89. The fourth-order valence-electron chi connectivity index (χ4n) is 2.89. The van der Waals surface area contributed by atoms with Crippen molar-refractivity contribution in [1.29, 1.82) is 0 Å². The van der Waals surface area contributed by atoms with E-state index in [1.807, 2.05) is 37.3 Å². The quantitative estimate of drug-likeness (QED) is 0.612. The molecule has 0 N–H and O–H groups in total. The highest BCUT2D eigenvalue weighted by atomic mass is 16.6. The number of rotatable bonds is 5. The van der Waals surface area contributed by atoms with Crippen molar-refractivity contribution in [3.8, 4) is 11.6 Å². The first-order chi connectivity index (χ1) is 13.6. The van der Waals surface area contributed by atoms with E-state index in [1.54, 1.807) is 27.8 Å². The molecule has 0 aliphatic rings. The highest BCUT2D eigenvalue weighted by Gasteiger charge is 2.22. The molecular formula is C22H25N3O4. The van der Waals surface area contributed by atoms with Gasteiger partial charge in [-0.1, -0.05) is 37.3 Å². The Morgan fingerprint density at radius 3 is 2.52 bits per heavy atom. The van der Waals surface area contributed by atoms with Crippen LogP contribution >= 0.6 is 0 Å². The number of hydrogen-bond donors (Lipinski definition) is 0. The molecule has 0 bridgehead atoms. The molecule has 0 saturated heterocycles. The normalized spacial score (nSPS) is 12.6. The lowest BCUT2D eigenvalue weighted by Crippen LogP contribution is -2.26. The first kappa shape index (κ1) is 20.5. The number of ether oxygens (including phenoxy) is 1. The topological polar surface area (TPSA) is 87.2 Å². The van der Waals surface area contributed by atoms with Gasteiger partial charge in [0, 0.05) is 19.0 Å². The number of pyridine rings is 1. The van der Waals surface area contributed by atoms with Crippen molar-refractivity contribution in [2.45, 2.75) is 45.6 Å².